The Labute approximate surface area is 119 Å². The molecule has 1 atom stereocenters. The quantitative estimate of drug-likeness (QED) is 0.846. The lowest BCUT2D eigenvalue weighted by atomic mass is 10.1. The Morgan fingerprint density at radius 3 is 2.58 bits per heavy atom. The van der Waals surface area contributed by atoms with Crippen molar-refractivity contribution in [1.29, 1.82) is 0 Å². The molecule has 0 spiro atoms. The van der Waals surface area contributed by atoms with Crippen LogP contribution in [0.4, 0.5) is 8.78 Å². The fraction of sp³-hybridized carbons (Fsp3) is 0.143. The van der Waals surface area contributed by atoms with Crippen molar-refractivity contribution in [3.63, 3.8) is 0 Å². The fourth-order valence-electron chi connectivity index (χ4n) is 1.68. The van der Waals surface area contributed by atoms with Gasteiger partial charge in [-0.25, -0.2) is 8.78 Å². The first-order valence-corrected chi connectivity index (χ1v) is 6.93. The van der Waals surface area contributed by atoms with Crippen LogP contribution in [0, 0.1) is 11.6 Å². The van der Waals surface area contributed by atoms with Crippen LogP contribution in [0.3, 0.4) is 0 Å². The van der Waals surface area contributed by atoms with Crippen LogP contribution in [0.15, 0.2) is 47.4 Å². The van der Waals surface area contributed by atoms with Gasteiger partial charge in [0, 0.05) is 27.8 Å². The number of benzene rings is 2. The molecule has 2 N–H and O–H groups in total. The van der Waals surface area contributed by atoms with E-state index in [9.17, 15) is 8.78 Å². The molecular weight excluding hydrogens is 288 g/mol. The Kier molecular flexibility index (Phi) is 4.80. The molecule has 5 heteroatoms. The highest BCUT2D eigenvalue weighted by Crippen LogP contribution is 2.36. The molecule has 2 aromatic rings. The molecule has 0 amide bonds. The molecule has 0 aliphatic carbocycles. The molecule has 1 nitrogen and oxygen atoms in total. The van der Waals surface area contributed by atoms with Crippen LogP contribution < -0.4 is 5.73 Å². The van der Waals surface area contributed by atoms with Crippen LogP contribution in [0.5, 0.6) is 0 Å². The Morgan fingerprint density at radius 1 is 1.16 bits per heavy atom. The van der Waals surface area contributed by atoms with Crippen molar-refractivity contribution in [2.75, 3.05) is 6.54 Å². The first-order chi connectivity index (χ1) is 9.10. The molecule has 0 aliphatic heterocycles. The van der Waals surface area contributed by atoms with E-state index in [-0.39, 0.29) is 5.25 Å². The maximum absolute atomic E-state index is 13.6. The number of hydrogen-bond acceptors (Lipinski definition) is 2. The fourth-order valence-corrected chi connectivity index (χ4v) is 2.89. The molecule has 0 radical (unpaired) electrons. The van der Waals surface area contributed by atoms with E-state index in [2.05, 4.69) is 0 Å². The van der Waals surface area contributed by atoms with Gasteiger partial charge in [-0.1, -0.05) is 23.7 Å². The van der Waals surface area contributed by atoms with Gasteiger partial charge < -0.3 is 5.73 Å². The summed E-state index contributed by atoms with van der Waals surface area (Å²) < 4.78 is 26.5. The van der Waals surface area contributed by atoms with Gasteiger partial charge in [0.2, 0.25) is 0 Å². The predicted octanol–water partition coefficient (Wildman–Crippen LogP) is 4.41. The van der Waals surface area contributed by atoms with E-state index < -0.39 is 11.6 Å². The number of rotatable bonds is 4. The van der Waals surface area contributed by atoms with Crippen molar-refractivity contribution < 1.29 is 8.78 Å². The lowest BCUT2D eigenvalue weighted by Crippen LogP contribution is -2.09. The van der Waals surface area contributed by atoms with Gasteiger partial charge in [-0.2, -0.15) is 0 Å². The Bertz CT molecular complexity index is 577. The standard InChI is InChI=1S/C14H12ClF2NS/c15-10-3-1-2-9(6-10)14(8-18)19-13-5-4-11(16)7-12(13)17/h1-7,14H,8,18H2. The normalized spacial score (nSPS) is 12.4. The maximum Gasteiger partial charge on any atom is 0.139 e. The molecule has 0 aromatic heterocycles. The number of nitrogens with two attached hydrogens (primary N) is 1. The van der Waals surface area contributed by atoms with Crippen molar-refractivity contribution in [2.45, 2.75) is 10.1 Å². The molecule has 0 heterocycles. The molecule has 0 saturated heterocycles. The highest BCUT2D eigenvalue weighted by molar-refractivity contribution is 7.99. The summed E-state index contributed by atoms with van der Waals surface area (Å²) >= 11 is 7.19. The van der Waals surface area contributed by atoms with E-state index >= 15 is 0 Å². The van der Waals surface area contributed by atoms with Gasteiger partial charge in [0.15, 0.2) is 0 Å². The number of thioether (sulfide) groups is 1. The molecular formula is C14H12ClF2NS. The Hall–Kier alpha value is -1.10. The zero-order valence-electron chi connectivity index (χ0n) is 9.95. The van der Waals surface area contributed by atoms with Crippen LogP contribution in [0.25, 0.3) is 0 Å². The first kappa shape index (κ1) is 14.3. The van der Waals surface area contributed by atoms with Gasteiger partial charge in [-0.3, -0.25) is 0 Å². The van der Waals surface area contributed by atoms with Crippen molar-refractivity contribution in [3.05, 3.63) is 64.7 Å². The monoisotopic (exact) mass is 299 g/mol. The van der Waals surface area contributed by atoms with Crippen LogP contribution in [0.2, 0.25) is 5.02 Å². The Balaban J connectivity index is 2.24. The van der Waals surface area contributed by atoms with Gasteiger partial charge in [-0.05, 0) is 29.8 Å². The molecule has 0 saturated carbocycles. The zero-order valence-corrected chi connectivity index (χ0v) is 11.5. The summed E-state index contributed by atoms with van der Waals surface area (Å²) in [5.41, 5.74) is 6.64. The van der Waals surface area contributed by atoms with Crippen LogP contribution >= 0.6 is 23.4 Å². The largest absolute Gasteiger partial charge is 0.329 e. The number of halogens is 3. The maximum atomic E-state index is 13.6. The summed E-state index contributed by atoms with van der Waals surface area (Å²) in [5, 5.41) is 0.481. The number of hydrogen-bond donors (Lipinski definition) is 1. The van der Waals surface area contributed by atoms with Gasteiger partial charge >= 0.3 is 0 Å². The topological polar surface area (TPSA) is 26.0 Å². The summed E-state index contributed by atoms with van der Waals surface area (Å²) in [6.07, 6.45) is 0. The molecule has 0 aliphatic rings. The second-order valence-electron chi connectivity index (χ2n) is 3.97. The summed E-state index contributed by atoms with van der Waals surface area (Å²) in [6, 6.07) is 10.8. The highest BCUT2D eigenvalue weighted by Gasteiger charge is 2.14. The summed E-state index contributed by atoms with van der Waals surface area (Å²) in [5.74, 6) is -1.17. The molecule has 2 rings (SSSR count). The van der Waals surface area contributed by atoms with Crippen molar-refractivity contribution >= 4 is 23.4 Å². The second kappa shape index (κ2) is 6.37. The smallest absolute Gasteiger partial charge is 0.139 e. The van der Waals surface area contributed by atoms with Crippen LogP contribution in [-0.4, -0.2) is 6.54 Å². The third kappa shape index (κ3) is 3.69. The SMILES string of the molecule is NCC(Sc1ccc(F)cc1F)c1cccc(Cl)c1. The van der Waals surface area contributed by atoms with Gasteiger partial charge in [0.25, 0.3) is 0 Å². The van der Waals surface area contributed by atoms with Crippen LogP contribution in [0.1, 0.15) is 10.8 Å². The zero-order chi connectivity index (χ0) is 13.8. The molecule has 2 aromatic carbocycles. The van der Waals surface area contributed by atoms with Gasteiger partial charge in [0.05, 0.1) is 0 Å². The van der Waals surface area contributed by atoms with Gasteiger partial charge in [-0.15, -0.1) is 11.8 Å². The van der Waals surface area contributed by atoms with E-state index in [0.29, 0.717) is 16.5 Å². The van der Waals surface area contributed by atoms with Crippen molar-refractivity contribution in [3.8, 4) is 0 Å². The van der Waals surface area contributed by atoms with Gasteiger partial charge in [0.1, 0.15) is 11.6 Å². The van der Waals surface area contributed by atoms with Crippen molar-refractivity contribution in [1.82, 2.24) is 0 Å². The first-order valence-electron chi connectivity index (χ1n) is 5.67. The molecule has 1 unspecified atom stereocenters. The van der Waals surface area contributed by atoms with E-state index in [1.54, 1.807) is 12.1 Å². The average molecular weight is 300 g/mol. The Morgan fingerprint density at radius 2 is 1.95 bits per heavy atom. The van der Waals surface area contributed by atoms with E-state index in [1.165, 1.54) is 23.9 Å². The average Bonchev–Trinajstić information content (AvgIpc) is 2.38. The minimum atomic E-state index is -0.589. The molecule has 100 valence electrons. The molecule has 0 bridgehead atoms. The summed E-state index contributed by atoms with van der Waals surface area (Å²) in [7, 11) is 0. The highest BCUT2D eigenvalue weighted by atomic mass is 35.5. The third-order valence-corrected chi connectivity index (χ3v) is 4.17. The minimum Gasteiger partial charge on any atom is -0.329 e. The van der Waals surface area contributed by atoms with Crippen molar-refractivity contribution in [2.24, 2.45) is 5.73 Å². The summed E-state index contributed by atoms with van der Waals surface area (Å²) in [6.45, 7) is 0.335. The lowest BCUT2D eigenvalue weighted by Gasteiger charge is -2.15. The second-order valence-corrected chi connectivity index (χ2v) is 5.65. The summed E-state index contributed by atoms with van der Waals surface area (Å²) in [4.78, 5) is 0.372. The van der Waals surface area contributed by atoms with Crippen LogP contribution in [-0.2, 0) is 0 Å². The van der Waals surface area contributed by atoms with E-state index in [1.807, 2.05) is 12.1 Å². The lowest BCUT2D eigenvalue weighted by molar-refractivity contribution is 0.565. The predicted molar refractivity (Wildman–Crippen MR) is 75.5 cm³/mol. The molecule has 0 fully saturated rings. The molecule has 19 heavy (non-hydrogen) atoms. The minimum absolute atomic E-state index is 0.126. The van der Waals surface area contributed by atoms with E-state index in [4.69, 9.17) is 17.3 Å². The van der Waals surface area contributed by atoms with E-state index in [0.717, 1.165) is 11.6 Å². The third-order valence-electron chi connectivity index (χ3n) is 2.60.